The molecule has 0 aliphatic heterocycles. The van der Waals surface area contributed by atoms with Crippen LogP contribution in [-0.2, 0) is 0 Å². The number of methoxy groups -OCH3 is 1. The van der Waals surface area contributed by atoms with Crippen molar-refractivity contribution in [1.82, 2.24) is 0 Å². The van der Waals surface area contributed by atoms with Crippen LogP contribution < -0.4 is 4.74 Å². The Morgan fingerprint density at radius 1 is 1.40 bits per heavy atom. The van der Waals surface area contributed by atoms with E-state index in [0.717, 1.165) is 6.42 Å². The van der Waals surface area contributed by atoms with Gasteiger partial charge in [0.25, 0.3) is 0 Å². The summed E-state index contributed by atoms with van der Waals surface area (Å²) in [6, 6.07) is 4.98. The van der Waals surface area contributed by atoms with Gasteiger partial charge in [0.15, 0.2) is 0 Å². The van der Waals surface area contributed by atoms with Gasteiger partial charge < -0.3 is 4.74 Å². The van der Waals surface area contributed by atoms with Crippen molar-refractivity contribution in [3.05, 3.63) is 29.6 Å². The first kappa shape index (κ1) is 12.5. The molecule has 1 rings (SSSR count). The van der Waals surface area contributed by atoms with Crippen LogP contribution in [0, 0.1) is 11.7 Å². The Kier molecular flexibility index (Phi) is 4.58. The van der Waals surface area contributed by atoms with Crippen molar-refractivity contribution in [2.75, 3.05) is 7.11 Å². The molecule has 1 unspecified atom stereocenters. The molecule has 0 amide bonds. The lowest BCUT2D eigenvalue weighted by atomic mass is 10.0. The van der Waals surface area contributed by atoms with Crippen molar-refractivity contribution in [3.8, 4) is 5.75 Å². The Morgan fingerprint density at radius 3 is 2.53 bits per heavy atom. The number of alkyl halides is 1. The number of rotatable bonds is 4. The molecule has 0 spiro atoms. The highest BCUT2D eigenvalue weighted by Gasteiger charge is 2.14. The molecule has 15 heavy (non-hydrogen) atoms. The first-order valence-electron chi connectivity index (χ1n) is 5.02. The average Bonchev–Trinajstić information content (AvgIpc) is 2.16. The van der Waals surface area contributed by atoms with E-state index in [2.05, 4.69) is 29.8 Å². The smallest absolute Gasteiger partial charge is 0.131 e. The molecule has 84 valence electrons. The van der Waals surface area contributed by atoms with Gasteiger partial charge in [-0.2, -0.15) is 0 Å². The summed E-state index contributed by atoms with van der Waals surface area (Å²) in [5, 5.41) is 0. The van der Waals surface area contributed by atoms with E-state index < -0.39 is 0 Å². The van der Waals surface area contributed by atoms with Gasteiger partial charge in [-0.3, -0.25) is 0 Å². The molecule has 1 aromatic rings. The van der Waals surface area contributed by atoms with Crippen LogP contribution in [0.5, 0.6) is 5.75 Å². The van der Waals surface area contributed by atoms with Gasteiger partial charge in [0, 0.05) is 16.5 Å². The van der Waals surface area contributed by atoms with E-state index >= 15 is 0 Å². The second kappa shape index (κ2) is 5.50. The van der Waals surface area contributed by atoms with Gasteiger partial charge in [-0.05, 0) is 18.4 Å². The van der Waals surface area contributed by atoms with Crippen molar-refractivity contribution < 1.29 is 9.13 Å². The Bertz CT molecular complexity index is 325. The van der Waals surface area contributed by atoms with Gasteiger partial charge in [0.2, 0.25) is 0 Å². The maximum absolute atomic E-state index is 13.6. The van der Waals surface area contributed by atoms with Crippen LogP contribution in [0.4, 0.5) is 4.39 Å². The summed E-state index contributed by atoms with van der Waals surface area (Å²) in [6.45, 7) is 4.24. The molecule has 1 atom stereocenters. The minimum atomic E-state index is -0.211. The van der Waals surface area contributed by atoms with E-state index in [1.807, 2.05) is 0 Å². The maximum atomic E-state index is 13.6. The number of hydrogen-bond acceptors (Lipinski definition) is 1. The zero-order valence-corrected chi connectivity index (χ0v) is 10.8. The molecule has 0 bridgehead atoms. The van der Waals surface area contributed by atoms with E-state index in [9.17, 15) is 4.39 Å². The fourth-order valence-corrected chi connectivity index (χ4v) is 2.55. The summed E-state index contributed by atoms with van der Waals surface area (Å²) in [6.07, 6.45) is 0.920. The fourth-order valence-electron chi connectivity index (χ4n) is 1.43. The van der Waals surface area contributed by atoms with Crippen LogP contribution in [0.2, 0.25) is 0 Å². The van der Waals surface area contributed by atoms with Crippen LogP contribution in [0.15, 0.2) is 18.2 Å². The van der Waals surface area contributed by atoms with Crippen LogP contribution in [0.3, 0.4) is 0 Å². The normalized spacial score (nSPS) is 12.9. The zero-order chi connectivity index (χ0) is 11.4. The zero-order valence-electron chi connectivity index (χ0n) is 9.26. The quantitative estimate of drug-likeness (QED) is 0.744. The Hall–Kier alpha value is -0.570. The molecule has 0 heterocycles. The lowest BCUT2D eigenvalue weighted by molar-refractivity contribution is 0.410. The standard InChI is InChI=1S/C12H16BrFO/c1-8(2)6-11(13)10-5-4-9(15-3)7-12(10)14/h4-5,7-8,11H,6H2,1-3H3. The van der Waals surface area contributed by atoms with Crippen LogP contribution in [0.25, 0.3) is 0 Å². The van der Waals surface area contributed by atoms with E-state index in [0.29, 0.717) is 17.2 Å². The molecular weight excluding hydrogens is 259 g/mol. The third-order valence-electron chi connectivity index (χ3n) is 2.22. The van der Waals surface area contributed by atoms with Crippen molar-refractivity contribution >= 4 is 15.9 Å². The van der Waals surface area contributed by atoms with E-state index in [-0.39, 0.29) is 10.6 Å². The molecule has 0 saturated heterocycles. The second-order valence-electron chi connectivity index (χ2n) is 3.98. The monoisotopic (exact) mass is 274 g/mol. The maximum Gasteiger partial charge on any atom is 0.131 e. The minimum absolute atomic E-state index is 0.0726. The first-order valence-corrected chi connectivity index (χ1v) is 5.93. The number of halogens is 2. The minimum Gasteiger partial charge on any atom is -0.497 e. The number of benzene rings is 1. The average molecular weight is 275 g/mol. The van der Waals surface area contributed by atoms with E-state index in [1.165, 1.54) is 13.2 Å². The van der Waals surface area contributed by atoms with E-state index in [1.54, 1.807) is 12.1 Å². The molecular formula is C12H16BrFO. The largest absolute Gasteiger partial charge is 0.497 e. The Morgan fingerprint density at radius 2 is 2.07 bits per heavy atom. The van der Waals surface area contributed by atoms with Crippen molar-refractivity contribution in [2.45, 2.75) is 25.1 Å². The summed E-state index contributed by atoms with van der Waals surface area (Å²) in [7, 11) is 1.54. The molecule has 0 radical (unpaired) electrons. The molecule has 0 aliphatic carbocycles. The molecule has 0 aromatic heterocycles. The summed E-state index contributed by atoms with van der Waals surface area (Å²) in [4.78, 5) is 0.0726. The summed E-state index contributed by atoms with van der Waals surface area (Å²) in [5.74, 6) is 0.883. The van der Waals surface area contributed by atoms with Crippen LogP contribution >= 0.6 is 15.9 Å². The van der Waals surface area contributed by atoms with Gasteiger partial charge in [-0.1, -0.05) is 35.8 Å². The molecule has 1 aromatic carbocycles. The molecule has 3 heteroatoms. The summed E-state index contributed by atoms with van der Waals surface area (Å²) < 4.78 is 18.6. The SMILES string of the molecule is COc1ccc(C(Br)CC(C)C)c(F)c1. The Labute approximate surface area is 98.8 Å². The van der Waals surface area contributed by atoms with E-state index in [4.69, 9.17) is 4.74 Å². The lowest BCUT2D eigenvalue weighted by Crippen LogP contribution is -1.99. The third kappa shape index (κ3) is 3.49. The fraction of sp³-hybridized carbons (Fsp3) is 0.500. The molecule has 0 aliphatic rings. The predicted octanol–water partition coefficient (Wildman–Crippen LogP) is 4.32. The van der Waals surface area contributed by atoms with Crippen molar-refractivity contribution in [3.63, 3.8) is 0 Å². The van der Waals surface area contributed by atoms with Gasteiger partial charge in [-0.25, -0.2) is 4.39 Å². The van der Waals surface area contributed by atoms with Crippen molar-refractivity contribution in [1.29, 1.82) is 0 Å². The van der Waals surface area contributed by atoms with Crippen molar-refractivity contribution in [2.24, 2.45) is 5.92 Å². The van der Waals surface area contributed by atoms with Gasteiger partial charge >= 0.3 is 0 Å². The molecule has 1 nitrogen and oxygen atoms in total. The number of ether oxygens (including phenoxy) is 1. The highest BCUT2D eigenvalue weighted by molar-refractivity contribution is 9.09. The predicted molar refractivity (Wildman–Crippen MR) is 64.1 cm³/mol. The molecule has 0 saturated carbocycles. The van der Waals surface area contributed by atoms with Crippen LogP contribution in [-0.4, -0.2) is 7.11 Å². The molecule has 0 fully saturated rings. The van der Waals surface area contributed by atoms with Gasteiger partial charge in [-0.15, -0.1) is 0 Å². The third-order valence-corrected chi connectivity index (χ3v) is 3.09. The van der Waals surface area contributed by atoms with Gasteiger partial charge in [0.1, 0.15) is 11.6 Å². The highest BCUT2D eigenvalue weighted by atomic mass is 79.9. The summed E-state index contributed by atoms with van der Waals surface area (Å²) >= 11 is 3.50. The Balaban J connectivity index is 2.85. The highest BCUT2D eigenvalue weighted by Crippen LogP contribution is 2.32. The lowest BCUT2D eigenvalue weighted by Gasteiger charge is -2.14. The van der Waals surface area contributed by atoms with Gasteiger partial charge in [0.05, 0.1) is 7.11 Å². The first-order chi connectivity index (χ1) is 7.04. The number of hydrogen-bond donors (Lipinski definition) is 0. The topological polar surface area (TPSA) is 9.23 Å². The van der Waals surface area contributed by atoms with Crippen LogP contribution in [0.1, 0.15) is 30.7 Å². The molecule has 0 N–H and O–H groups in total. The second-order valence-corrected chi connectivity index (χ2v) is 5.09. The summed E-state index contributed by atoms with van der Waals surface area (Å²) in [5.41, 5.74) is 0.699.